The molecule has 0 fully saturated rings. The van der Waals surface area contributed by atoms with Gasteiger partial charge < -0.3 is 4.74 Å². The fraction of sp³-hybridized carbons (Fsp3) is 0.100. The maximum Gasteiger partial charge on any atom is 0.243 e. The maximum absolute atomic E-state index is 11.5. The van der Waals surface area contributed by atoms with Gasteiger partial charge in [-0.05, 0) is 17.5 Å². The molecular weight excluding hydrogens is 184 g/mol. The average molecular weight is 192 g/mol. The predicted molar refractivity (Wildman–Crippen MR) is 54.6 cm³/mol. The summed E-state index contributed by atoms with van der Waals surface area (Å²) in [6, 6.07) is 9.38. The van der Waals surface area contributed by atoms with Gasteiger partial charge in [-0.15, -0.1) is 0 Å². The van der Waals surface area contributed by atoms with Crippen molar-refractivity contribution in [3.05, 3.63) is 39.9 Å². The number of hydrogen-bond donors (Lipinski definition) is 0. The van der Waals surface area contributed by atoms with Crippen LogP contribution in [0.2, 0.25) is 0 Å². The molecule has 0 bridgehead atoms. The highest BCUT2D eigenvalue weighted by atomic mass is 32.1. The minimum atomic E-state index is 0.0509. The Morgan fingerprint density at radius 2 is 2.08 bits per heavy atom. The Bertz CT molecular complexity index is 487. The molecule has 1 heterocycles. The van der Waals surface area contributed by atoms with Crippen molar-refractivity contribution in [3.8, 4) is 5.06 Å². The van der Waals surface area contributed by atoms with E-state index in [-0.39, 0.29) is 4.74 Å². The molecule has 2 nitrogen and oxygen atoms in total. The summed E-state index contributed by atoms with van der Waals surface area (Å²) in [6.07, 6.45) is 0. The Kier molecular flexibility index (Phi) is 2.02. The van der Waals surface area contributed by atoms with Gasteiger partial charge in [0.15, 0.2) is 5.06 Å². The lowest BCUT2D eigenvalue weighted by Crippen LogP contribution is -1.95. The smallest absolute Gasteiger partial charge is 0.243 e. The molecule has 13 heavy (non-hydrogen) atoms. The summed E-state index contributed by atoms with van der Waals surface area (Å²) in [5, 5.41) is 2.35. The normalized spacial score (nSPS) is 10.2. The van der Waals surface area contributed by atoms with E-state index >= 15 is 0 Å². The molecule has 1 aromatic carbocycles. The van der Waals surface area contributed by atoms with Crippen molar-refractivity contribution >= 4 is 22.1 Å². The zero-order valence-corrected chi connectivity index (χ0v) is 7.93. The molecule has 0 radical (unpaired) electrons. The summed E-state index contributed by atoms with van der Waals surface area (Å²) in [7, 11) is 1.57. The molecule has 0 saturated heterocycles. The number of rotatable bonds is 1. The Morgan fingerprint density at radius 1 is 1.31 bits per heavy atom. The van der Waals surface area contributed by atoms with Gasteiger partial charge in [-0.2, -0.15) is 0 Å². The van der Waals surface area contributed by atoms with E-state index in [0.29, 0.717) is 5.06 Å². The summed E-state index contributed by atoms with van der Waals surface area (Å²) in [5.41, 5.74) is 0. The first-order chi connectivity index (χ1) is 6.31. The third-order valence-corrected chi connectivity index (χ3v) is 2.74. The van der Waals surface area contributed by atoms with Crippen LogP contribution in [0.15, 0.2) is 35.1 Å². The van der Waals surface area contributed by atoms with E-state index in [4.69, 9.17) is 4.74 Å². The summed E-state index contributed by atoms with van der Waals surface area (Å²) in [6.45, 7) is 0. The van der Waals surface area contributed by atoms with Gasteiger partial charge in [0.2, 0.25) is 4.74 Å². The second-order valence-corrected chi connectivity index (χ2v) is 3.62. The number of fused-ring (bicyclic) bond motifs is 1. The molecule has 3 heteroatoms. The number of hydrogen-bond acceptors (Lipinski definition) is 3. The molecule has 0 N–H and O–H groups in total. The molecule has 0 spiro atoms. The Morgan fingerprint density at radius 3 is 2.85 bits per heavy atom. The van der Waals surface area contributed by atoms with Gasteiger partial charge >= 0.3 is 0 Å². The van der Waals surface area contributed by atoms with Crippen LogP contribution in [0.3, 0.4) is 0 Å². The highest BCUT2D eigenvalue weighted by Gasteiger charge is 2.00. The van der Waals surface area contributed by atoms with Crippen LogP contribution in [0.5, 0.6) is 5.06 Å². The minimum Gasteiger partial charge on any atom is -0.487 e. The standard InChI is InChI=1S/C10H8O2S/c1-12-9-6-7-4-2-3-5-8(7)10(11)13-9/h2-6H,1H3. The van der Waals surface area contributed by atoms with E-state index in [9.17, 15) is 4.79 Å². The van der Waals surface area contributed by atoms with Crippen LogP contribution < -0.4 is 9.48 Å². The lowest BCUT2D eigenvalue weighted by atomic mass is 10.2. The molecule has 0 atom stereocenters. The topological polar surface area (TPSA) is 26.3 Å². The first kappa shape index (κ1) is 8.26. The zero-order valence-electron chi connectivity index (χ0n) is 7.11. The van der Waals surface area contributed by atoms with Crippen LogP contribution >= 0.6 is 11.3 Å². The largest absolute Gasteiger partial charge is 0.487 e. The molecule has 0 amide bonds. The predicted octanol–water partition coefficient (Wildman–Crippen LogP) is 2.27. The molecule has 0 saturated carbocycles. The van der Waals surface area contributed by atoms with Gasteiger partial charge in [0.25, 0.3) is 0 Å². The molecule has 0 unspecified atom stereocenters. The van der Waals surface area contributed by atoms with Gasteiger partial charge in [0.1, 0.15) is 0 Å². The van der Waals surface area contributed by atoms with Crippen molar-refractivity contribution in [1.29, 1.82) is 0 Å². The first-order valence-electron chi connectivity index (χ1n) is 3.88. The van der Waals surface area contributed by atoms with Gasteiger partial charge in [0.05, 0.1) is 7.11 Å². The maximum atomic E-state index is 11.5. The lowest BCUT2D eigenvalue weighted by Gasteiger charge is -1.99. The van der Waals surface area contributed by atoms with Crippen molar-refractivity contribution in [1.82, 2.24) is 0 Å². The average Bonchev–Trinajstić information content (AvgIpc) is 2.18. The Labute approximate surface area is 79.4 Å². The van der Waals surface area contributed by atoms with Gasteiger partial charge in [0, 0.05) is 5.39 Å². The molecule has 2 aromatic rings. The molecule has 66 valence electrons. The fourth-order valence-electron chi connectivity index (χ4n) is 1.21. The van der Waals surface area contributed by atoms with Crippen LogP contribution in [0, 0.1) is 0 Å². The van der Waals surface area contributed by atoms with Crippen molar-refractivity contribution in [2.75, 3.05) is 7.11 Å². The molecule has 0 aliphatic heterocycles. The summed E-state index contributed by atoms with van der Waals surface area (Å²) in [4.78, 5) is 11.5. The quantitative estimate of drug-likeness (QED) is 0.692. The summed E-state index contributed by atoms with van der Waals surface area (Å²) < 4.78 is 5.07. The van der Waals surface area contributed by atoms with Crippen LogP contribution in [-0.2, 0) is 0 Å². The van der Waals surface area contributed by atoms with Crippen LogP contribution in [-0.4, -0.2) is 7.11 Å². The Hall–Kier alpha value is -1.35. The first-order valence-corrected chi connectivity index (χ1v) is 4.70. The van der Waals surface area contributed by atoms with E-state index in [2.05, 4.69) is 0 Å². The highest BCUT2D eigenvalue weighted by Crippen LogP contribution is 2.20. The van der Waals surface area contributed by atoms with E-state index < -0.39 is 0 Å². The minimum absolute atomic E-state index is 0.0509. The number of ether oxygens (including phenoxy) is 1. The third-order valence-electron chi connectivity index (χ3n) is 1.85. The van der Waals surface area contributed by atoms with Gasteiger partial charge in [-0.1, -0.05) is 29.5 Å². The number of benzene rings is 1. The van der Waals surface area contributed by atoms with Crippen molar-refractivity contribution in [2.45, 2.75) is 0 Å². The molecule has 0 aliphatic rings. The highest BCUT2D eigenvalue weighted by molar-refractivity contribution is 7.11. The summed E-state index contributed by atoms with van der Waals surface area (Å²) >= 11 is 1.13. The van der Waals surface area contributed by atoms with Gasteiger partial charge in [-0.25, -0.2) is 0 Å². The van der Waals surface area contributed by atoms with Crippen molar-refractivity contribution in [2.24, 2.45) is 0 Å². The van der Waals surface area contributed by atoms with E-state index in [1.54, 1.807) is 7.11 Å². The summed E-state index contributed by atoms with van der Waals surface area (Å²) in [5.74, 6) is 0. The molecule has 1 aromatic heterocycles. The second-order valence-electron chi connectivity index (χ2n) is 2.64. The zero-order chi connectivity index (χ0) is 9.26. The molecule has 2 rings (SSSR count). The van der Waals surface area contributed by atoms with Crippen molar-refractivity contribution < 1.29 is 4.74 Å². The van der Waals surface area contributed by atoms with Crippen LogP contribution in [0.1, 0.15) is 0 Å². The Balaban J connectivity index is 2.85. The number of methoxy groups -OCH3 is 1. The molecule has 0 aliphatic carbocycles. The fourth-order valence-corrected chi connectivity index (χ4v) is 1.96. The van der Waals surface area contributed by atoms with Gasteiger partial charge in [-0.3, -0.25) is 4.79 Å². The van der Waals surface area contributed by atoms with E-state index in [0.717, 1.165) is 22.1 Å². The van der Waals surface area contributed by atoms with Crippen LogP contribution in [0.25, 0.3) is 10.8 Å². The van der Waals surface area contributed by atoms with E-state index in [1.807, 2.05) is 30.3 Å². The molecular formula is C10H8O2S. The second kappa shape index (κ2) is 3.18. The van der Waals surface area contributed by atoms with Crippen LogP contribution in [0.4, 0.5) is 0 Å². The van der Waals surface area contributed by atoms with Crippen molar-refractivity contribution in [3.63, 3.8) is 0 Å². The monoisotopic (exact) mass is 192 g/mol. The third kappa shape index (κ3) is 1.42. The SMILES string of the molecule is COc1cc2ccccc2c(=O)s1. The lowest BCUT2D eigenvalue weighted by molar-refractivity contribution is 0.427. The van der Waals surface area contributed by atoms with E-state index in [1.165, 1.54) is 0 Å².